The van der Waals surface area contributed by atoms with Crippen molar-refractivity contribution in [2.75, 3.05) is 5.73 Å². The summed E-state index contributed by atoms with van der Waals surface area (Å²) in [6.07, 6.45) is 1.62. The second-order valence-electron chi connectivity index (χ2n) is 5.20. The highest BCUT2D eigenvalue weighted by Gasteiger charge is 2.37. The van der Waals surface area contributed by atoms with Gasteiger partial charge in [0.05, 0.1) is 5.41 Å². The maximum atomic E-state index is 11.5. The Morgan fingerprint density at radius 3 is 2.74 bits per heavy atom. The van der Waals surface area contributed by atoms with E-state index < -0.39 is 11.4 Å². The molecule has 2 aromatic rings. The molecule has 0 bridgehead atoms. The average Bonchev–Trinajstić information content (AvgIpc) is 2.72. The number of nitrogens with zero attached hydrogens (tertiary/aromatic N) is 3. The van der Waals surface area contributed by atoms with Gasteiger partial charge in [-0.05, 0) is 12.8 Å². The van der Waals surface area contributed by atoms with E-state index >= 15 is 0 Å². The van der Waals surface area contributed by atoms with Crippen molar-refractivity contribution >= 4 is 23.0 Å². The van der Waals surface area contributed by atoms with Gasteiger partial charge in [0.15, 0.2) is 11.5 Å². The molecule has 0 aliphatic carbocycles. The molecule has 1 unspecified atom stereocenters. The number of nitrogens with two attached hydrogens (primary N) is 1. The first-order valence-corrected chi connectivity index (χ1v) is 6.03. The summed E-state index contributed by atoms with van der Waals surface area (Å²) in [4.78, 5) is 26.6. The molecule has 19 heavy (non-hydrogen) atoms. The zero-order valence-corrected chi connectivity index (χ0v) is 11.1. The molecule has 7 nitrogen and oxygen atoms in total. The van der Waals surface area contributed by atoms with Gasteiger partial charge in [-0.25, -0.2) is 15.0 Å². The monoisotopic (exact) mass is 263 g/mol. The van der Waals surface area contributed by atoms with E-state index in [2.05, 4.69) is 19.9 Å². The predicted octanol–water partition coefficient (Wildman–Crippen LogP) is 1.22. The third kappa shape index (κ3) is 2.23. The van der Waals surface area contributed by atoms with Crippen LogP contribution in [-0.2, 0) is 11.2 Å². The Bertz CT molecular complexity index is 622. The summed E-state index contributed by atoms with van der Waals surface area (Å²) in [5.74, 6) is -0.00483. The van der Waals surface area contributed by atoms with Crippen molar-refractivity contribution in [1.29, 1.82) is 0 Å². The van der Waals surface area contributed by atoms with E-state index in [0.717, 1.165) is 0 Å². The third-order valence-electron chi connectivity index (χ3n) is 3.66. The minimum Gasteiger partial charge on any atom is -0.481 e. The highest BCUT2D eigenvalue weighted by molar-refractivity contribution is 5.81. The molecule has 2 heterocycles. The number of nitrogens with one attached hydrogen (secondary N) is 1. The van der Waals surface area contributed by atoms with Crippen LogP contribution in [0.5, 0.6) is 0 Å². The van der Waals surface area contributed by atoms with Crippen LogP contribution >= 0.6 is 0 Å². The lowest BCUT2D eigenvalue weighted by Crippen LogP contribution is -2.35. The zero-order valence-electron chi connectivity index (χ0n) is 11.1. The van der Waals surface area contributed by atoms with E-state index in [0.29, 0.717) is 22.8 Å². The lowest BCUT2D eigenvalue weighted by atomic mass is 9.76. The largest absolute Gasteiger partial charge is 0.481 e. The minimum atomic E-state index is -0.893. The summed E-state index contributed by atoms with van der Waals surface area (Å²) in [6.45, 7) is 5.47. The summed E-state index contributed by atoms with van der Waals surface area (Å²) < 4.78 is 0. The van der Waals surface area contributed by atoms with Gasteiger partial charge >= 0.3 is 5.97 Å². The molecule has 4 N–H and O–H groups in total. The highest BCUT2D eigenvalue weighted by Crippen LogP contribution is 2.31. The molecule has 0 aliphatic heterocycles. The molecule has 0 saturated carbocycles. The van der Waals surface area contributed by atoms with Gasteiger partial charge in [-0.15, -0.1) is 0 Å². The molecule has 0 fully saturated rings. The number of hydrogen-bond acceptors (Lipinski definition) is 5. The number of rotatable bonds is 4. The first kappa shape index (κ1) is 13.3. The van der Waals surface area contributed by atoms with Crippen LogP contribution in [0.1, 0.15) is 26.6 Å². The molecule has 0 aliphatic rings. The maximum Gasteiger partial charge on any atom is 0.310 e. The molecule has 0 spiro atoms. The Morgan fingerprint density at radius 1 is 1.53 bits per heavy atom. The van der Waals surface area contributed by atoms with E-state index in [1.165, 1.54) is 6.33 Å². The van der Waals surface area contributed by atoms with Crippen molar-refractivity contribution in [2.24, 2.45) is 11.3 Å². The van der Waals surface area contributed by atoms with Gasteiger partial charge in [0.1, 0.15) is 17.7 Å². The Morgan fingerprint density at radius 2 is 2.21 bits per heavy atom. The first-order chi connectivity index (χ1) is 8.84. The standard InChI is InChI=1S/C12H17N5O2/c1-6(2)12(3,11(18)19)4-7-16-8-9(13)14-5-15-10(8)17-7/h5-6H,4H2,1-3H3,(H,18,19)(H3,13,14,15,16,17). The summed E-state index contributed by atoms with van der Waals surface area (Å²) in [7, 11) is 0. The van der Waals surface area contributed by atoms with Crippen LogP contribution in [0.4, 0.5) is 5.82 Å². The number of aromatic nitrogens is 4. The number of anilines is 1. The molecule has 0 aromatic carbocycles. The molecule has 2 aromatic heterocycles. The molecular weight excluding hydrogens is 246 g/mol. The van der Waals surface area contributed by atoms with Crippen LogP contribution in [0, 0.1) is 11.3 Å². The second-order valence-corrected chi connectivity index (χ2v) is 5.20. The quantitative estimate of drug-likeness (QED) is 0.763. The van der Waals surface area contributed by atoms with E-state index in [4.69, 9.17) is 5.73 Å². The van der Waals surface area contributed by atoms with E-state index in [1.807, 2.05) is 13.8 Å². The number of carbonyl (C=O) groups is 1. The molecule has 1 atom stereocenters. The number of aliphatic carboxylic acids is 1. The SMILES string of the molecule is CC(C)C(C)(Cc1nc2ncnc(N)c2[nH]1)C(=O)O. The van der Waals surface area contributed by atoms with Gasteiger partial charge in [0.2, 0.25) is 0 Å². The van der Waals surface area contributed by atoms with Crippen molar-refractivity contribution in [1.82, 2.24) is 19.9 Å². The van der Waals surface area contributed by atoms with Crippen molar-refractivity contribution in [3.8, 4) is 0 Å². The Labute approximate surface area is 110 Å². The molecule has 102 valence electrons. The van der Waals surface area contributed by atoms with E-state index in [1.54, 1.807) is 6.92 Å². The Balaban J connectivity index is 2.40. The lowest BCUT2D eigenvalue weighted by molar-refractivity contribution is -0.150. The fourth-order valence-corrected chi connectivity index (χ4v) is 1.85. The topological polar surface area (TPSA) is 118 Å². The van der Waals surface area contributed by atoms with Crippen LogP contribution in [-0.4, -0.2) is 31.0 Å². The minimum absolute atomic E-state index is 0.0263. The number of nitrogen functional groups attached to an aromatic ring is 1. The lowest BCUT2D eigenvalue weighted by Gasteiger charge is -2.27. The van der Waals surface area contributed by atoms with Gasteiger partial charge in [-0.3, -0.25) is 4.79 Å². The van der Waals surface area contributed by atoms with Crippen LogP contribution < -0.4 is 5.73 Å². The first-order valence-electron chi connectivity index (χ1n) is 6.03. The summed E-state index contributed by atoms with van der Waals surface area (Å²) >= 11 is 0. The van der Waals surface area contributed by atoms with E-state index in [-0.39, 0.29) is 12.3 Å². The van der Waals surface area contributed by atoms with Gasteiger partial charge in [-0.1, -0.05) is 13.8 Å². The molecule has 0 amide bonds. The summed E-state index contributed by atoms with van der Waals surface area (Å²) in [5.41, 5.74) is 5.83. The number of carboxylic acids is 1. The van der Waals surface area contributed by atoms with Crippen LogP contribution in [0.25, 0.3) is 11.2 Å². The van der Waals surface area contributed by atoms with E-state index in [9.17, 15) is 9.90 Å². The summed E-state index contributed by atoms with van der Waals surface area (Å²) in [5, 5.41) is 9.40. The smallest absolute Gasteiger partial charge is 0.310 e. The Hall–Kier alpha value is -2.18. The van der Waals surface area contributed by atoms with Crippen LogP contribution in [0.3, 0.4) is 0 Å². The zero-order chi connectivity index (χ0) is 14.2. The molecular formula is C12H17N5O2. The van der Waals surface area contributed by atoms with Crippen LogP contribution in [0.15, 0.2) is 6.33 Å². The normalized spacial score (nSPS) is 14.7. The average molecular weight is 263 g/mol. The van der Waals surface area contributed by atoms with Gasteiger partial charge < -0.3 is 15.8 Å². The van der Waals surface area contributed by atoms with Crippen LogP contribution in [0.2, 0.25) is 0 Å². The highest BCUT2D eigenvalue weighted by atomic mass is 16.4. The number of carboxylic acid groups (broad SMARTS) is 1. The van der Waals surface area contributed by atoms with Crippen molar-refractivity contribution in [3.63, 3.8) is 0 Å². The number of aromatic amines is 1. The predicted molar refractivity (Wildman–Crippen MR) is 70.4 cm³/mol. The number of hydrogen-bond donors (Lipinski definition) is 3. The maximum absolute atomic E-state index is 11.5. The molecule has 2 rings (SSSR count). The fourth-order valence-electron chi connectivity index (χ4n) is 1.85. The van der Waals surface area contributed by atoms with Crippen molar-refractivity contribution in [2.45, 2.75) is 27.2 Å². The van der Waals surface area contributed by atoms with Crippen molar-refractivity contribution in [3.05, 3.63) is 12.2 Å². The molecule has 0 saturated heterocycles. The van der Waals surface area contributed by atoms with Gasteiger partial charge in [0.25, 0.3) is 0 Å². The molecule has 7 heteroatoms. The fraction of sp³-hybridized carbons (Fsp3) is 0.500. The van der Waals surface area contributed by atoms with Gasteiger partial charge in [0, 0.05) is 6.42 Å². The Kier molecular flexibility index (Phi) is 3.13. The number of imidazole rings is 1. The number of fused-ring (bicyclic) bond motifs is 1. The van der Waals surface area contributed by atoms with Crippen molar-refractivity contribution < 1.29 is 9.90 Å². The number of H-pyrrole nitrogens is 1. The second kappa shape index (κ2) is 4.49. The van der Waals surface area contributed by atoms with Gasteiger partial charge in [-0.2, -0.15) is 0 Å². The third-order valence-corrected chi connectivity index (χ3v) is 3.66. The summed E-state index contributed by atoms with van der Waals surface area (Å²) in [6, 6.07) is 0. The molecule has 0 radical (unpaired) electrons.